The minimum atomic E-state index is -0.0907. The van der Waals surface area contributed by atoms with Gasteiger partial charge in [0.2, 0.25) is 0 Å². The number of aliphatic hydroxyl groups is 1. The molecule has 0 aliphatic heterocycles. The molecule has 2 rings (SSSR count). The lowest BCUT2D eigenvalue weighted by Gasteiger charge is -2.06. The molecule has 0 bridgehead atoms. The highest BCUT2D eigenvalue weighted by atomic mass is 16.3. The zero-order chi connectivity index (χ0) is 13.7. The minimum absolute atomic E-state index is 0.0907. The summed E-state index contributed by atoms with van der Waals surface area (Å²) in [5, 5.41) is 17.4. The van der Waals surface area contributed by atoms with Crippen LogP contribution in [0.1, 0.15) is 30.8 Å². The maximum atomic E-state index is 9.31. The number of hydrogen-bond donors (Lipinski definition) is 1. The predicted octanol–water partition coefficient (Wildman–Crippen LogP) is 2.60. The first-order valence-electron chi connectivity index (χ1n) is 6.47. The van der Waals surface area contributed by atoms with Crippen LogP contribution in [0.3, 0.4) is 0 Å². The smallest absolute Gasteiger partial charge is 0.115 e. The van der Waals surface area contributed by atoms with E-state index in [4.69, 9.17) is 0 Å². The molecule has 0 unspecified atom stereocenters. The Morgan fingerprint density at radius 1 is 1.21 bits per heavy atom. The third-order valence-electron chi connectivity index (χ3n) is 2.77. The first kappa shape index (κ1) is 13.5. The Kier molecular flexibility index (Phi) is 4.47. The van der Waals surface area contributed by atoms with Crippen LogP contribution in [-0.4, -0.2) is 20.1 Å². The molecule has 0 saturated heterocycles. The fraction of sp³-hybridized carbons (Fsp3) is 0.333. The molecule has 4 nitrogen and oxygen atoms in total. The van der Waals surface area contributed by atoms with Gasteiger partial charge in [0.15, 0.2) is 0 Å². The van der Waals surface area contributed by atoms with Gasteiger partial charge < -0.3 is 5.11 Å². The second kappa shape index (κ2) is 6.29. The van der Waals surface area contributed by atoms with Crippen molar-refractivity contribution in [2.24, 2.45) is 5.92 Å². The van der Waals surface area contributed by atoms with Gasteiger partial charge >= 0.3 is 0 Å². The third-order valence-corrected chi connectivity index (χ3v) is 2.77. The Morgan fingerprint density at radius 2 is 1.95 bits per heavy atom. The van der Waals surface area contributed by atoms with Crippen molar-refractivity contribution in [1.29, 1.82) is 0 Å². The molecule has 1 aromatic heterocycles. The fourth-order valence-corrected chi connectivity index (χ4v) is 1.87. The van der Waals surface area contributed by atoms with Crippen LogP contribution in [0.25, 0.3) is 12.2 Å². The molecule has 0 radical (unpaired) electrons. The summed E-state index contributed by atoms with van der Waals surface area (Å²) in [6, 6.07) is 10.0. The Bertz CT molecular complexity index is 544. The van der Waals surface area contributed by atoms with Gasteiger partial charge in [-0.05, 0) is 17.6 Å². The standard InChI is InChI=1S/C15H19N3O/c1-12(2)10-18-15(14(11-19)16-17-18)9-8-13-6-4-3-5-7-13/h3-9,12,19H,10-11H2,1-2H3/b9-8+. The SMILES string of the molecule is CC(C)Cn1nnc(CO)c1/C=C/c1ccccc1. The number of benzene rings is 1. The van der Waals surface area contributed by atoms with Gasteiger partial charge in [-0.2, -0.15) is 0 Å². The first-order valence-corrected chi connectivity index (χ1v) is 6.47. The van der Waals surface area contributed by atoms with E-state index in [1.807, 2.05) is 47.2 Å². The Hall–Kier alpha value is -1.94. The maximum Gasteiger partial charge on any atom is 0.115 e. The van der Waals surface area contributed by atoms with Crippen molar-refractivity contribution < 1.29 is 5.11 Å². The zero-order valence-electron chi connectivity index (χ0n) is 11.3. The second-order valence-electron chi connectivity index (χ2n) is 4.90. The third kappa shape index (κ3) is 3.51. The summed E-state index contributed by atoms with van der Waals surface area (Å²) in [5.41, 5.74) is 2.61. The van der Waals surface area contributed by atoms with Crippen molar-refractivity contribution in [2.45, 2.75) is 27.0 Å². The molecule has 1 aromatic carbocycles. The van der Waals surface area contributed by atoms with Crippen LogP contribution in [0.4, 0.5) is 0 Å². The molecule has 0 saturated carbocycles. The summed E-state index contributed by atoms with van der Waals surface area (Å²) in [5.74, 6) is 0.483. The highest BCUT2D eigenvalue weighted by molar-refractivity contribution is 5.68. The summed E-state index contributed by atoms with van der Waals surface area (Å²) >= 11 is 0. The molecule has 0 aliphatic carbocycles. The van der Waals surface area contributed by atoms with Gasteiger partial charge in [0, 0.05) is 6.54 Å². The Labute approximate surface area is 113 Å². The van der Waals surface area contributed by atoms with Gasteiger partial charge in [0.1, 0.15) is 5.69 Å². The van der Waals surface area contributed by atoms with E-state index < -0.39 is 0 Å². The molecule has 1 heterocycles. The second-order valence-corrected chi connectivity index (χ2v) is 4.90. The lowest BCUT2D eigenvalue weighted by atomic mass is 10.2. The van der Waals surface area contributed by atoms with Gasteiger partial charge in [0.25, 0.3) is 0 Å². The number of nitrogens with zero attached hydrogens (tertiary/aromatic N) is 3. The first-order chi connectivity index (χ1) is 9.20. The number of hydrogen-bond acceptors (Lipinski definition) is 3. The lowest BCUT2D eigenvalue weighted by molar-refractivity contribution is 0.276. The summed E-state index contributed by atoms with van der Waals surface area (Å²) in [7, 11) is 0. The van der Waals surface area contributed by atoms with Gasteiger partial charge in [0.05, 0.1) is 12.3 Å². The molecular formula is C15H19N3O. The minimum Gasteiger partial charge on any atom is -0.390 e. The normalized spacial score (nSPS) is 11.6. The molecule has 0 fully saturated rings. The molecule has 4 heteroatoms. The van der Waals surface area contributed by atoms with Crippen molar-refractivity contribution in [3.8, 4) is 0 Å². The average molecular weight is 257 g/mol. The number of aliphatic hydroxyl groups excluding tert-OH is 1. The van der Waals surface area contributed by atoms with Crippen molar-refractivity contribution in [3.05, 3.63) is 47.3 Å². The van der Waals surface area contributed by atoms with E-state index in [2.05, 4.69) is 24.2 Å². The molecule has 100 valence electrons. The Balaban J connectivity index is 2.27. The van der Waals surface area contributed by atoms with Crippen LogP contribution in [0.15, 0.2) is 30.3 Å². The Morgan fingerprint density at radius 3 is 2.58 bits per heavy atom. The van der Waals surface area contributed by atoms with E-state index in [1.165, 1.54) is 0 Å². The number of rotatable bonds is 5. The van der Waals surface area contributed by atoms with E-state index in [9.17, 15) is 5.11 Å². The molecule has 1 N–H and O–H groups in total. The lowest BCUT2D eigenvalue weighted by Crippen LogP contribution is -2.08. The van der Waals surface area contributed by atoms with Crippen molar-refractivity contribution in [1.82, 2.24) is 15.0 Å². The molecule has 2 aromatic rings. The van der Waals surface area contributed by atoms with Crippen LogP contribution < -0.4 is 0 Å². The van der Waals surface area contributed by atoms with Crippen molar-refractivity contribution in [2.75, 3.05) is 0 Å². The van der Waals surface area contributed by atoms with Crippen LogP contribution >= 0.6 is 0 Å². The van der Waals surface area contributed by atoms with E-state index in [1.54, 1.807) is 0 Å². The maximum absolute atomic E-state index is 9.31. The molecule has 0 atom stereocenters. The van der Waals surface area contributed by atoms with Crippen molar-refractivity contribution in [3.63, 3.8) is 0 Å². The molecule has 19 heavy (non-hydrogen) atoms. The predicted molar refractivity (Wildman–Crippen MR) is 76.2 cm³/mol. The quantitative estimate of drug-likeness (QED) is 0.895. The topological polar surface area (TPSA) is 50.9 Å². The molecule has 0 aliphatic rings. The number of aromatic nitrogens is 3. The van der Waals surface area contributed by atoms with Crippen LogP contribution in [-0.2, 0) is 13.2 Å². The van der Waals surface area contributed by atoms with E-state index in [0.29, 0.717) is 11.6 Å². The monoisotopic (exact) mass is 257 g/mol. The molecule has 0 spiro atoms. The van der Waals surface area contributed by atoms with Gasteiger partial charge in [-0.25, -0.2) is 4.68 Å². The summed E-state index contributed by atoms with van der Waals surface area (Å²) in [6.45, 7) is 4.96. The van der Waals surface area contributed by atoms with Crippen LogP contribution in [0, 0.1) is 5.92 Å². The fourth-order valence-electron chi connectivity index (χ4n) is 1.87. The van der Waals surface area contributed by atoms with E-state index in [0.717, 1.165) is 17.8 Å². The summed E-state index contributed by atoms with van der Waals surface area (Å²) in [6.07, 6.45) is 3.97. The van der Waals surface area contributed by atoms with Gasteiger partial charge in [-0.1, -0.05) is 55.5 Å². The molecular weight excluding hydrogens is 238 g/mol. The van der Waals surface area contributed by atoms with Crippen LogP contribution in [0.2, 0.25) is 0 Å². The van der Waals surface area contributed by atoms with Crippen LogP contribution in [0.5, 0.6) is 0 Å². The van der Waals surface area contributed by atoms with Gasteiger partial charge in [-0.3, -0.25) is 0 Å². The highest BCUT2D eigenvalue weighted by Gasteiger charge is 2.10. The van der Waals surface area contributed by atoms with Crippen molar-refractivity contribution >= 4 is 12.2 Å². The van der Waals surface area contributed by atoms with E-state index >= 15 is 0 Å². The summed E-state index contributed by atoms with van der Waals surface area (Å²) in [4.78, 5) is 0. The largest absolute Gasteiger partial charge is 0.390 e. The zero-order valence-corrected chi connectivity index (χ0v) is 11.3. The highest BCUT2D eigenvalue weighted by Crippen LogP contribution is 2.13. The average Bonchev–Trinajstić information content (AvgIpc) is 2.79. The van der Waals surface area contributed by atoms with Gasteiger partial charge in [-0.15, -0.1) is 5.10 Å². The summed E-state index contributed by atoms with van der Waals surface area (Å²) < 4.78 is 1.84. The van der Waals surface area contributed by atoms with E-state index in [-0.39, 0.29) is 6.61 Å². The molecule has 0 amide bonds.